The molecule has 0 spiro atoms. The summed E-state index contributed by atoms with van der Waals surface area (Å²) in [7, 11) is 0. The first-order chi connectivity index (χ1) is 5.65. The third kappa shape index (κ3) is 2.10. The van der Waals surface area contributed by atoms with Crippen LogP contribution in [0.25, 0.3) is 0 Å². The van der Waals surface area contributed by atoms with Gasteiger partial charge in [0.2, 0.25) is 0 Å². The summed E-state index contributed by atoms with van der Waals surface area (Å²) in [6, 6.07) is 6.64. The Morgan fingerprint density at radius 1 is 1.33 bits per heavy atom. The monoisotopic (exact) mass is 226 g/mol. The number of halogens is 1. The van der Waals surface area contributed by atoms with E-state index in [1.807, 2.05) is 0 Å². The maximum Gasteiger partial charge on any atom is 0.00976 e. The van der Waals surface area contributed by atoms with E-state index in [0.29, 0.717) is 5.92 Å². The zero-order valence-electron chi connectivity index (χ0n) is 7.89. The molecule has 0 fully saturated rings. The Morgan fingerprint density at radius 2 is 2.00 bits per heavy atom. The summed E-state index contributed by atoms with van der Waals surface area (Å²) in [5.74, 6) is 0.616. The second-order valence-corrected chi connectivity index (χ2v) is 4.06. The minimum absolute atomic E-state index is 0.616. The molecule has 0 radical (unpaired) electrons. The largest absolute Gasteiger partial charge is 0.0922 e. The van der Waals surface area contributed by atoms with Gasteiger partial charge in [0.1, 0.15) is 0 Å². The highest BCUT2D eigenvalue weighted by Crippen LogP contribution is 2.22. The van der Waals surface area contributed by atoms with Gasteiger partial charge >= 0.3 is 0 Å². The first-order valence-corrected chi connectivity index (χ1v) is 5.40. The molecule has 0 amide bonds. The zero-order chi connectivity index (χ0) is 9.14. The fourth-order valence-electron chi connectivity index (χ4n) is 1.37. The third-order valence-corrected chi connectivity index (χ3v) is 3.17. The van der Waals surface area contributed by atoms with Crippen LogP contribution in [0.15, 0.2) is 18.2 Å². The van der Waals surface area contributed by atoms with Crippen LogP contribution < -0.4 is 0 Å². The Morgan fingerprint density at radius 3 is 2.58 bits per heavy atom. The molecule has 12 heavy (non-hydrogen) atoms. The zero-order valence-corrected chi connectivity index (χ0v) is 9.48. The van der Waals surface area contributed by atoms with Crippen LogP contribution in [0, 0.1) is 13.8 Å². The van der Waals surface area contributed by atoms with Crippen molar-refractivity contribution in [1.29, 1.82) is 0 Å². The van der Waals surface area contributed by atoms with Gasteiger partial charge in [0.25, 0.3) is 0 Å². The second kappa shape index (κ2) is 4.08. The predicted octanol–water partition coefficient (Wildman–Crippen LogP) is 3.80. The maximum absolute atomic E-state index is 3.51. The molecule has 1 atom stereocenters. The summed E-state index contributed by atoms with van der Waals surface area (Å²) in [5, 5.41) is 1.04. The standard InChI is InChI=1S/C11H15Br/c1-8-4-5-9(2)11(6-8)10(3)7-12/h4-6,10H,7H2,1-3H3. The average Bonchev–Trinajstić information content (AvgIpc) is 2.08. The van der Waals surface area contributed by atoms with Crippen molar-refractivity contribution >= 4 is 15.9 Å². The number of hydrogen-bond acceptors (Lipinski definition) is 0. The Kier molecular flexibility index (Phi) is 3.33. The van der Waals surface area contributed by atoms with Crippen molar-refractivity contribution in [1.82, 2.24) is 0 Å². The lowest BCUT2D eigenvalue weighted by atomic mass is 9.96. The molecule has 1 aromatic carbocycles. The summed E-state index contributed by atoms with van der Waals surface area (Å²) in [6.45, 7) is 6.56. The molecular formula is C11H15Br. The summed E-state index contributed by atoms with van der Waals surface area (Å²) in [6.07, 6.45) is 0. The molecule has 0 aliphatic carbocycles. The van der Waals surface area contributed by atoms with Crippen molar-refractivity contribution in [3.8, 4) is 0 Å². The highest BCUT2D eigenvalue weighted by Gasteiger charge is 2.06. The van der Waals surface area contributed by atoms with E-state index in [-0.39, 0.29) is 0 Å². The highest BCUT2D eigenvalue weighted by atomic mass is 79.9. The molecule has 0 bridgehead atoms. The van der Waals surface area contributed by atoms with E-state index in [9.17, 15) is 0 Å². The van der Waals surface area contributed by atoms with E-state index >= 15 is 0 Å². The lowest BCUT2D eigenvalue weighted by molar-refractivity contribution is 0.875. The lowest BCUT2D eigenvalue weighted by Crippen LogP contribution is -1.97. The molecule has 1 unspecified atom stereocenters. The fraction of sp³-hybridized carbons (Fsp3) is 0.455. The molecule has 0 aromatic heterocycles. The van der Waals surface area contributed by atoms with Gasteiger partial charge in [0, 0.05) is 5.33 Å². The summed E-state index contributed by atoms with van der Waals surface area (Å²) >= 11 is 3.51. The first kappa shape index (κ1) is 9.79. The molecule has 1 aromatic rings. The number of aryl methyl sites for hydroxylation is 2. The van der Waals surface area contributed by atoms with Gasteiger partial charge in [0.05, 0.1) is 0 Å². The van der Waals surface area contributed by atoms with E-state index in [4.69, 9.17) is 0 Å². The molecule has 0 saturated heterocycles. The van der Waals surface area contributed by atoms with Crippen molar-refractivity contribution in [2.75, 3.05) is 5.33 Å². The summed E-state index contributed by atoms with van der Waals surface area (Å²) < 4.78 is 0. The summed E-state index contributed by atoms with van der Waals surface area (Å²) in [4.78, 5) is 0. The molecule has 1 heteroatoms. The van der Waals surface area contributed by atoms with Crippen molar-refractivity contribution in [2.45, 2.75) is 26.7 Å². The van der Waals surface area contributed by atoms with Crippen LogP contribution in [-0.2, 0) is 0 Å². The number of benzene rings is 1. The van der Waals surface area contributed by atoms with Crippen LogP contribution in [0.1, 0.15) is 29.5 Å². The SMILES string of the molecule is Cc1ccc(C)c(C(C)CBr)c1. The Hall–Kier alpha value is -0.300. The van der Waals surface area contributed by atoms with Crippen molar-refractivity contribution in [3.05, 3.63) is 34.9 Å². The topological polar surface area (TPSA) is 0 Å². The van der Waals surface area contributed by atoms with Gasteiger partial charge in [-0.15, -0.1) is 0 Å². The third-order valence-electron chi connectivity index (χ3n) is 2.20. The first-order valence-electron chi connectivity index (χ1n) is 4.28. The highest BCUT2D eigenvalue weighted by molar-refractivity contribution is 9.09. The second-order valence-electron chi connectivity index (χ2n) is 3.42. The Balaban J connectivity index is 3.04. The molecule has 0 saturated carbocycles. The van der Waals surface area contributed by atoms with E-state index in [2.05, 4.69) is 54.9 Å². The Bertz CT molecular complexity index is 266. The van der Waals surface area contributed by atoms with Crippen LogP contribution >= 0.6 is 15.9 Å². The van der Waals surface area contributed by atoms with Crippen LogP contribution in [0.2, 0.25) is 0 Å². The molecule has 0 aliphatic rings. The van der Waals surface area contributed by atoms with E-state index in [1.165, 1.54) is 16.7 Å². The molecule has 0 N–H and O–H groups in total. The van der Waals surface area contributed by atoms with Gasteiger partial charge in [-0.2, -0.15) is 0 Å². The van der Waals surface area contributed by atoms with Crippen molar-refractivity contribution in [2.24, 2.45) is 0 Å². The quantitative estimate of drug-likeness (QED) is 0.674. The average molecular weight is 227 g/mol. The van der Waals surface area contributed by atoms with Crippen LogP contribution in [0.5, 0.6) is 0 Å². The fourth-order valence-corrected chi connectivity index (χ4v) is 1.72. The Labute approximate surface area is 83.1 Å². The normalized spacial score (nSPS) is 13.0. The van der Waals surface area contributed by atoms with Gasteiger partial charge in [-0.05, 0) is 30.9 Å². The van der Waals surface area contributed by atoms with E-state index in [1.54, 1.807) is 0 Å². The van der Waals surface area contributed by atoms with Gasteiger partial charge < -0.3 is 0 Å². The summed E-state index contributed by atoms with van der Waals surface area (Å²) in [5.41, 5.74) is 4.21. The molecule has 1 rings (SSSR count). The maximum atomic E-state index is 3.51. The lowest BCUT2D eigenvalue weighted by Gasteiger charge is -2.12. The van der Waals surface area contributed by atoms with E-state index in [0.717, 1.165) is 5.33 Å². The van der Waals surface area contributed by atoms with Crippen LogP contribution in [0.4, 0.5) is 0 Å². The smallest absolute Gasteiger partial charge is 0.00976 e. The van der Waals surface area contributed by atoms with Crippen LogP contribution in [-0.4, -0.2) is 5.33 Å². The van der Waals surface area contributed by atoms with Gasteiger partial charge in [-0.25, -0.2) is 0 Å². The van der Waals surface area contributed by atoms with Crippen molar-refractivity contribution < 1.29 is 0 Å². The van der Waals surface area contributed by atoms with Crippen molar-refractivity contribution in [3.63, 3.8) is 0 Å². The molecule has 0 heterocycles. The van der Waals surface area contributed by atoms with Gasteiger partial charge in [0.15, 0.2) is 0 Å². The molecule has 0 nitrogen and oxygen atoms in total. The number of hydrogen-bond donors (Lipinski definition) is 0. The molecule has 0 aliphatic heterocycles. The van der Waals surface area contributed by atoms with E-state index < -0.39 is 0 Å². The number of alkyl halides is 1. The van der Waals surface area contributed by atoms with Crippen LogP contribution in [0.3, 0.4) is 0 Å². The number of rotatable bonds is 2. The molecular weight excluding hydrogens is 212 g/mol. The minimum Gasteiger partial charge on any atom is -0.0922 e. The minimum atomic E-state index is 0.616. The van der Waals surface area contributed by atoms with Gasteiger partial charge in [-0.1, -0.05) is 46.6 Å². The van der Waals surface area contributed by atoms with Gasteiger partial charge in [-0.3, -0.25) is 0 Å². The predicted molar refractivity (Wildman–Crippen MR) is 58.1 cm³/mol. The molecule has 66 valence electrons.